The zero-order valence-corrected chi connectivity index (χ0v) is 26.3. The van der Waals surface area contributed by atoms with E-state index in [1.54, 1.807) is 30.3 Å². The number of hydrogen-bond acceptors (Lipinski definition) is 6. The average Bonchev–Trinajstić information content (AvgIpc) is 3.55. The van der Waals surface area contributed by atoms with Gasteiger partial charge in [0.25, 0.3) is 0 Å². The molecule has 10 heteroatoms. The minimum absolute atomic E-state index is 0.0135. The van der Waals surface area contributed by atoms with Crippen molar-refractivity contribution in [3.63, 3.8) is 0 Å². The topological polar surface area (TPSA) is 86.5 Å². The second kappa shape index (κ2) is 12.9. The van der Waals surface area contributed by atoms with Gasteiger partial charge in [-0.2, -0.15) is 0 Å². The molecule has 2 aromatic heterocycles. The third-order valence-electron chi connectivity index (χ3n) is 8.42. The molecule has 0 aliphatic carbocycles. The van der Waals surface area contributed by atoms with E-state index in [9.17, 15) is 9.90 Å². The summed E-state index contributed by atoms with van der Waals surface area (Å²) in [4.78, 5) is 22.3. The van der Waals surface area contributed by atoms with E-state index in [-0.39, 0.29) is 18.4 Å². The summed E-state index contributed by atoms with van der Waals surface area (Å²) in [5.41, 5.74) is 4.58. The largest absolute Gasteiger partial charge is 0.451 e. The Morgan fingerprint density at radius 1 is 0.955 bits per heavy atom. The molecule has 0 spiro atoms. The third-order valence-corrected chi connectivity index (χ3v) is 9.45. The van der Waals surface area contributed by atoms with Crippen molar-refractivity contribution < 1.29 is 19.4 Å². The van der Waals surface area contributed by atoms with Crippen LogP contribution in [-0.2, 0) is 15.9 Å². The molecule has 1 aliphatic rings. The molecule has 0 unspecified atom stereocenters. The number of benzene rings is 3. The number of carbonyl (C=O) groups is 1. The normalized spacial score (nSPS) is 20.6. The van der Waals surface area contributed by atoms with Crippen LogP contribution in [0.1, 0.15) is 47.7 Å². The van der Waals surface area contributed by atoms with Gasteiger partial charge in [0.15, 0.2) is 6.10 Å². The van der Waals surface area contributed by atoms with Crippen molar-refractivity contribution in [2.24, 2.45) is 11.8 Å². The van der Waals surface area contributed by atoms with Crippen molar-refractivity contribution in [1.82, 2.24) is 14.5 Å². The lowest BCUT2D eigenvalue weighted by molar-refractivity contribution is -0.0792. The van der Waals surface area contributed by atoms with Gasteiger partial charge in [-0.3, -0.25) is 0 Å². The molecule has 0 saturated carbocycles. The molecular weight excluding hydrogens is 621 g/mol. The highest BCUT2D eigenvalue weighted by atomic mass is 35.5. The molecule has 226 valence electrons. The summed E-state index contributed by atoms with van der Waals surface area (Å²) in [5.74, 6) is -0.548. The van der Waals surface area contributed by atoms with E-state index in [4.69, 9.17) is 44.3 Å². The van der Waals surface area contributed by atoms with Crippen LogP contribution >= 0.6 is 34.8 Å². The predicted octanol–water partition coefficient (Wildman–Crippen LogP) is 8.36. The van der Waals surface area contributed by atoms with E-state index in [1.807, 2.05) is 53.2 Å². The Morgan fingerprint density at radius 2 is 1.68 bits per heavy atom. The van der Waals surface area contributed by atoms with Crippen LogP contribution in [0.5, 0.6) is 0 Å². The molecule has 7 nitrogen and oxygen atoms in total. The minimum atomic E-state index is -0.787. The number of nitrogens with zero attached hydrogens (tertiary/aromatic N) is 3. The molecule has 0 amide bonds. The van der Waals surface area contributed by atoms with E-state index >= 15 is 0 Å². The van der Waals surface area contributed by atoms with Gasteiger partial charge in [0, 0.05) is 18.7 Å². The maximum Gasteiger partial charge on any atom is 0.338 e. The lowest BCUT2D eigenvalue weighted by Crippen LogP contribution is -2.29. The standard InChI is InChI=1S/C34H30Cl3N3O4/c1-19-20(2)33(40-17-25(14-15-41)28-31(37)38-18-39-32(28)40)43-29(19)30(24-12-13-26(35)27(36)16-24)44-34(42)23-10-8-22(9-11-23)21-6-4-3-5-7-21/h3-13,16-20,29-30,33,41H,14-15H2,1-2H3/t19-,20+,29-,30+,33+/m0/s1. The monoisotopic (exact) mass is 649 g/mol. The maximum absolute atomic E-state index is 13.6. The second-order valence-corrected chi connectivity index (χ2v) is 12.2. The van der Waals surface area contributed by atoms with Crippen LogP contribution < -0.4 is 0 Å². The molecule has 5 aromatic rings. The van der Waals surface area contributed by atoms with E-state index in [2.05, 4.69) is 23.8 Å². The first kappa shape index (κ1) is 30.6. The number of aliphatic hydroxyl groups is 1. The number of aliphatic hydroxyl groups excluding tert-OH is 1. The lowest BCUT2D eigenvalue weighted by Gasteiger charge is -2.27. The fourth-order valence-corrected chi connectivity index (χ4v) is 6.44. The van der Waals surface area contributed by atoms with Gasteiger partial charge in [-0.05, 0) is 58.9 Å². The van der Waals surface area contributed by atoms with Gasteiger partial charge in [-0.15, -0.1) is 0 Å². The number of rotatable bonds is 8. The quantitative estimate of drug-likeness (QED) is 0.134. The van der Waals surface area contributed by atoms with E-state index in [1.165, 1.54) is 6.33 Å². The highest BCUT2D eigenvalue weighted by Crippen LogP contribution is 2.47. The average molecular weight is 651 g/mol. The molecule has 0 radical (unpaired) electrons. The first-order valence-corrected chi connectivity index (χ1v) is 15.5. The zero-order valence-electron chi connectivity index (χ0n) is 24.0. The number of ether oxygens (including phenoxy) is 2. The molecule has 3 aromatic carbocycles. The molecule has 1 N–H and O–H groups in total. The fraction of sp³-hybridized carbons (Fsp3) is 0.265. The van der Waals surface area contributed by atoms with E-state index in [0.717, 1.165) is 16.7 Å². The minimum Gasteiger partial charge on any atom is -0.451 e. The number of esters is 1. The summed E-state index contributed by atoms with van der Waals surface area (Å²) >= 11 is 19.1. The maximum atomic E-state index is 13.6. The number of aromatic nitrogens is 3. The Hall–Kier alpha value is -3.46. The van der Waals surface area contributed by atoms with Crippen LogP contribution in [0.4, 0.5) is 0 Å². The second-order valence-electron chi connectivity index (χ2n) is 11.1. The molecular formula is C34H30Cl3N3O4. The molecule has 1 saturated heterocycles. The van der Waals surface area contributed by atoms with Gasteiger partial charge < -0.3 is 19.1 Å². The van der Waals surface area contributed by atoms with Crippen LogP contribution in [0.3, 0.4) is 0 Å². The molecule has 1 fully saturated rings. The van der Waals surface area contributed by atoms with Crippen molar-refractivity contribution in [3.05, 3.63) is 117 Å². The van der Waals surface area contributed by atoms with E-state index in [0.29, 0.717) is 43.8 Å². The van der Waals surface area contributed by atoms with Crippen LogP contribution in [0.15, 0.2) is 85.3 Å². The molecule has 0 bridgehead atoms. The highest BCUT2D eigenvalue weighted by molar-refractivity contribution is 6.42. The third kappa shape index (κ3) is 5.83. The summed E-state index contributed by atoms with van der Waals surface area (Å²) in [5, 5.41) is 11.4. The molecule has 5 atom stereocenters. The summed E-state index contributed by atoms with van der Waals surface area (Å²) in [6.07, 6.45) is 1.94. The zero-order chi connectivity index (χ0) is 31.0. The Balaban J connectivity index is 1.33. The van der Waals surface area contributed by atoms with Crippen molar-refractivity contribution >= 4 is 51.8 Å². The first-order chi connectivity index (χ1) is 21.3. The summed E-state index contributed by atoms with van der Waals surface area (Å²) in [6.45, 7) is 4.11. The van der Waals surface area contributed by atoms with Crippen LogP contribution in [-0.4, -0.2) is 38.3 Å². The summed E-state index contributed by atoms with van der Waals surface area (Å²) in [7, 11) is 0. The summed E-state index contributed by atoms with van der Waals surface area (Å²) in [6, 6.07) is 22.5. The Kier molecular flexibility index (Phi) is 8.94. The van der Waals surface area contributed by atoms with E-state index < -0.39 is 24.4 Å². The molecule has 44 heavy (non-hydrogen) atoms. The Morgan fingerprint density at radius 3 is 2.39 bits per heavy atom. The van der Waals surface area contributed by atoms with Gasteiger partial charge in [0.2, 0.25) is 0 Å². The lowest BCUT2D eigenvalue weighted by atomic mass is 9.88. The number of carbonyl (C=O) groups excluding carboxylic acids is 1. The van der Waals surface area contributed by atoms with Crippen molar-refractivity contribution in [1.29, 1.82) is 0 Å². The van der Waals surface area contributed by atoms with Gasteiger partial charge >= 0.3 is 5.97 Å². The Bertz CT molecular complexity index is 1800. The fourth-order valence-electron chi connectivity index (χ4n) is 5.89. The number of hydrogen-bond donors (Lipinski definition) is 1. The Labute approximate surface area is 270 Å². The van der Waals surface area contributed by atoms with Gasteiger partial charge in [-0.25, -0.2) is 14.8 Å². The van der Waals surface area contributed by atoms with Crippen LogP contribution in [0.2, 0.25) is 15.2 Å². The predicted molar refractivity (Wildman–Crippen MR) is 172 cm³/mol. The van der Waals surface area contributed by atoms with Crippen molar-refractivity contribution in [2.75, 3.05) is 6.61 Å². The van der Waals surface area contributed by atoms with Gasteiger partial charge in [0.1, 0.15) is 29.5 Å². The van der Waals surface area contributed by atoms with Crippen molar-refractivity contribution in [3.8, 4) is 11.1 Å². The van der Waals surface area contributed by atoms with Crippen LogP contribution in [0, 0.1) is 11.8 Å². The smallest absolute Gasteiger partial charge is 0.338 e. The summed E-state index contributed by atoms with van der Waals surface area (Å²) < 4.78 is 14.9. The SMILES string of the molecule is C[C@@H]1[C@H](C)[C@@H]([C@H](OC(=O)c2ccc(-c3ccccc3)cc2)c2ccc(Cl)c(Cl)c2)O[C@H]1n1cc(CCO)c2c(Cl)ncnc21. The van der Waals surface area contributed by atoms with Gasteiger partial charge in [-0.1, -0.05) is 97.2 Å². The van der Waals surface area contributed by atoms with Crippen molar-refractivity contribution in [2.45, 2.75) is 38.7 Å². The highest BCUT2D eigenvalue weighted by Gasteiger charge is 2.46. The molecule has 1 aliphatic heterocycles. The molecule has 6 rings (SSSR count). The first-order valence-electron chi connectivity index (χ1n) is 14.3. The molecule has 3 heterocycles. The number of fused-ring (bicyclic) bond motifs is 1. The number of halogens is 3. The van der Waals surface area contributed by atoms with Gasteiger partial charge in [0.05, 0.1) is 21.0 Å². The van der Waals surface area contributed by atoms with Crippen LogP contribution in [0.25, 0.3) is 22.2 Å².